The van der Waals surface area contributed by atoms with E-state index in [2.05, 4.69) is 100.0 Å². The summed E-state index contributed by atoms with van der Waals surface area (Å²) in [5.41, 5.74) is 7.40. The van der Waals surface area contributed by atoms with Crippen molar-refractivity contribution in [1.29, 1.82) is 0 Å². The van der Waals surface area contributed by atoms with Crippen LogP contribution in [0.15, 0.2) is 102 Å². The average Bonchev–Trinajstić information content (AvgIpc) is 3.63. The van der Waals surface area contributed by atoms with Gasteiger partial charge in [0.2, 0.25) is 5.71 Å². The van der Waals surface area contributed by atoms with Gasteiger partial charge in [-0.2, -0.15) is 0 Å². The number of hydrogen-bond acceptors (Lipinski definition) is 2. The van der Waals surface area contributed by atoms with Gasteiger partial charge in [-0.1, -0.05) is 48.5 Å². The molecule has 9 aromatic rings. The standard InChI is InChI=1S/C30H18N4O/c31-34-23-12-6-10-18-19-15-16-35-30(19)33-28-21(13-14-24(34)27(28)26(18)23)25-20-9-4-5-11-22(20)32(29(25)33)17-7-2-1-3-8-17/h1-16H,31H2. The number of rotatable bonds is 1. The number of hydrogen-bond donors (Lipinski definition) is 1. The highest BCUT2D eigenvalue weighted by Crippen LogP contribution is 2.46. The second kappa shape index (κ2) is 5.77. The SMILES string of the molecule is Nn1c2cccc3c4ccoc4n4c5c(ccc1c5c32)c1c2ccccc2n(-c2ccccc2)c14. The Bertz CT molecular complexity index is 2270. The second-order valence-electron chi connectivity index (χ2n) is 9.29. The fourth-order valence-electron chi connectivity index (χ4n) is 6.34. The molecule has 9 rings (SSSR count). The molecule has 0 saturated heterocycles. The molecule has 0 amide bonds. The average molecular weight is 451 g/mol. The van der Waals surface area contributed by atoms with E-state index in [1.54, 1.807) is 6.26 Å². The molecule has 0 aliphatic heterocycles. The number of furan rings is 1. The molecule has 4 aromatic carbocycles. The molecule has 0 aliphatic rings. The lowest BCUT2D eigenvalue weighted by Crippen LogP contribution is -2.06. The highest BCUT2D eigenvalue weighted by molar-refractivity contribution is 6.34. The minimum atomic E-state index is 0.838. The van der Waals surface area contributed by atoms with Crippen molar-refractivity contribution < 1.29 is 4.42 Å². The molecule has 5 nitrogen and oxygen atoms in total. The van der Waals surface area contributed by atoms with Crippen LogP contribution in [0.1, 0.15) is 0 Å². The number of nitrogens with zero attached hydrogens (tertiary/aromatic N) is 3. The Morgan fingerprint density at radius 3 is 2.26 bits per heavy atom. The molecule has 164 valence electrons. The third kappa shape index (κ3) is 1.86. The predicted octanol–water partition coefficient (Wildman–Crippen LogP) is 7.20. The Morgan fingerprint density at radius 1 is 0.571 bits per heavy atom. The maximum absolute atomic E-state index is 6.66. The number of nitrogens with two attached hydrogens (primary N) is 1. The third-order valence-electron chi connectivity index (χ3n) is 7.67. The van der Waals surface area contributed by atoms with Crippen LogP contribution >= 0.6 is 0 Å². The highest BCUT2D eigenvalue weighted by Gasteiger charge is 2.26. The normalized spacial score (nSPS) is 12.7. The van der Waals surface area contributed by atoms with E-state index in [0.717, 1.165) is 44.4 Å². The van der Waals surface area contributed by atoms with Gasteiger partial charge in [0.05, 0.1) is 28.3 Å². The smallest absolute Gasteiger partial charge is 0.213 e. The number of para-hydroxylation sites is 2. The molecule has 0 fully saturated rings. The van der Waals surface area contributed by atoms with Gasteiger partial charge in [0.25, 0.3) is 0 Å². The van der Waals surface area contributed by atoms with Crippen molar-refractivity contribution >= 4 is 71.1 Å². The van der Waals surface area contributed by atoms with Crippen molar-refractivity contribution in [2.75, 3.05) is 5.84 Å². The van der Waals surface area contributed by atoms with E-state index < -0.39 is 0 Å². The Morgan fingerprint density at radius 2 is 1.34 bits per heavy atom. The van der Waals surface area contributed by atoms with Crippen LogP contribution in [0.5, 0.6) is 0 Å². The Kier molecular flexibility index (Phi) is 2.90. The third-order valence-corrected chi connectivity index (χ3v) is 7.67. The minimum absolute atomic E-state index is 0.838. The summed E-state index contributed by atoms with van der Waals surface area (Å²) in [6, 6.07) is 32.0. The Labute approximate surface area is 198 Å². The molecule has 0 bridgehead atoms. The van der Waals surface area contributed by atoms with Crippen LogP contribution in [0, 0.1) is 0 Å². The molecule has 0 spiro atoms. The summed E-state index contributed by atoms with van der Waals surface area (Å²) in [6.07, 6.45) is 1.79. The first-order chi connectivity index (χ1) is 17.3. The molecule has 5 heteroatoms. The first kappa shape index (κ1) is 17.6. The van der Waals surface area contributed by atoms with Gasteiger partial charge in [-0.25, -0.2) is 0 Å². The van der Waals surface area contributed by atoms with Crippen molar-refractivity contribution in [1.82, 2.24) is 13.6 Å². The lowest BCUT2D eigenvalue weighted by molar-refractivity contribution is 0.600. The summed E-state index contributed by atoms with van der Waals surface area (Å²) in [7, 11) is 0. The fraction of sp³-hybridized carbons (Fsp3) is 0. The molecule has 0 radical (unpaired) electrons. The van der Waals surface area contributed by atoms with Crippen molar-refractivity contribution in [2.24, 2.45) is 0 Å². The summed E-state index contributed by atoms with van der Waals surface area (Å²) in [5.74, 6) is 6.66. The van der Waals surface area contributed by atoms with Gasteiger partial charge in [0.15, 0.2) is 0 Å². The van der Waals surface area contributed by atoms with E-state index in [-0.39, 0.29) is 0 Å². The molecule has 35 heavy (non-hydrogen) atoms. The fourth-order valence-corrected chi connectivity index (χ4v) is 6.34. The molecule has 2 N–H and O–H groups in total. The highest BCUT2D eigenvalue weighted by atomic mass is 16.3. The topological polar surface area (TPSA) is 53.4 Å². The minimum Gasteiger partial charge on any atom is -0.447 e. The Balaban J connectivity index is 1.74. The first-order valence-electron chi connectivity index (χ1n) is 11.8. The van der Waals surface area contributed by atoms with Gasteiger partial charge in [0, 0.05) is 38.0 Å². The molecule has 5 aromatic heterocycles. The maximum atomic E-state index is 6.66. The lowest BCUT2D eigenvalue weighted by Gasteiger charge is -2.08. The van der Waals surface area contributed by atoms with Crippen LogP contribution in [0.25, 0.3) is 76.8 Å². The molecular formula is C30H18N4O. The van der Waals surface area contributed by atoms with Crippen molar-refractivity contribution in [2.45, 2.75) is 0 Å². The summed E-state index contributed by atoms with van der Waals surface area (Å²) in [6.45, 7) is 0. The lowest BCUT2D eigenvalue weighted by atomic mass is 10.0. The summed E-state index contributed by atoms with van der Waals surface area (Å²) >= 11 is 0. The van der Waals surface area contributed by atoms with Crippen LogP contribution in [-0.4, -0.2) is 13.6 Å². The van der Waals surface area contributed by atoms with E-state index in [9.17, 15) is 0 Å². The zero-order valence-electron chi connectivity index (χ0n) is 18.6. The van der Waals surface area contributed by atoms with Gasteiger partial charge in [-0.15, -0.1) is 0 Å². The van der Waals surface area contributed by atoms with E-state index in [1.165, 1.54) is 32.4 Å². The zero-order chi connectivity index (χ0) is 22.8. The van der Waals surface area contributed by atoms with E-state index in [0.29, 0.717) is 0 Å². The summed E-state index contributed by atoms with van der Waals surface area (Å²) in [5, 5.41) is 8.20. The van der Waals surface area contributed by atoms with Crippen molar-refractivity contribution in [3.8, 4) is 5.69 Å². The molecule has 5 heterocycles. The van der Waals surface area contributed by atoms with Crippen LogP contribution in [0.2, 0.25) is 0 Å². The first-order valence-corrected chi connectivity index (χ1v) is 11.8. The van der Waals surface area contributed by atoms with Gasteiger partial charge >= 0.3 is 0 Å². The largest absolute Gasteiger partial charge is 0.447 e. The van der Waals surface area contributed by atoms with Gasteiger partial charge in [0.1, 0.15) is 5.65 Å². The zero-order valence-corrected chi connectivity index (χ0v) is 18.6. The van der Waals surface area contributed by atoms with E-state index in [4.69, 9.17) is 10.3 Å². The molecular weight excluding hydrogens is 432 g/mol. The van der Waals surface area contributed by atoms with Crippen molar-refractivity contribution in [3.05, 3.63) is 97.3 Å². The molecule has 0 atom stereocenters. The van der Waals surface area contributed by atoms with Crippen LogP contribution in [-0.2, 0) is 0 Å². The molecule has 0 aliphatic carbocycles. The molecule has 0 unspecified atom stereocenters. The van der Waals surface area contributed by atoms with Crippen LogP contribution < -0.4 is 5.84 Å². The van der Waals surface area contributed by atoms with Gasteiger partial charge < -0.3 is 10.3 Å². The van der Waals surface area contributed by atoms with Crippen LogP contribution in [0.4, 0.5) is 0 Å². The summed E-state index contributed by atoms with van der Waals surface area (Å²) < 4.78 is 12.8. The quantitative estimate of drug-likeness (QED) is 0.269. The number of aromatic nitrogens is 3. The summed E-state index contributed by atoms with van der Waals surface area (Å²) in [4.78, 5) is 0. The van der Waals surface area contributed by atoms with Crippen LogP contribution in [0.3, 0.4) is 0 Å². The van der Waals surface area contributed by atoms with Gasteiger partial charge in [-0.05, 0) is 47.9 Å². The van der Waals surface area contributed by atoms with Crippen molar-refractivity contribution in [3.63, 3.8) is 0 Å². The number of nitrogen functional groups attached to an aromatic ring is 1. The molecule has 0 saturated carbocycles. The van der Waals surface area contributed by atoms with E-state index >= 15 is 0 Å². The maximum Gasteiger partial charge on any atom is 0.213 e. The number of fused-ring (bicyclic) bond motifs is 8. The van der Waals surface area contributed by atoms with Gasteiger partial charge in [-0.3, -0.25) is 13.6 Å². The number of benzene rings is 4. The predicted molar refractivity (Wildman–Crippen MR) is 143 cm³/mol. The monoisotopic (exact) mass is 450 g/mol. The Hall–Kier alpha value is -4.90. The second-order valence-corrected chi connectivity index (χ2v) is 9.29. The van der Waals surface area contributed by atoms with E-state index in [1.807, 2.05) is 4.68 Å².